The van der Waals surface area contributed by atoms with Crippen LogP contribution in [0, 0.1) is 13.8 Å². The minimum absolute atomic E-state index is 0.00290. The van der Waals surface area contributed by atoms with Crippen molar-refractivity contribution in [2.75, 3.05) is 22.6 Å². The molecule has 3 aromatic rings. The lowest BCUT2D eigenvalue weighted by Gasteiger charge is -2.34. The number of carbonyl (C=O) groups excluding carboxylic acids is 3. The average Bonchev–Trinajstić information content (AvgIpc) is 3.27. The lowest BCUT2D eigenvalue weighted by Crippen LogP contribution is -2.52. The molecule has 2 N–H and O–H groups in total. The first-order valence-electron chi connectivity index (χ1n) is 10.9. The summed E-state index contributed by atoms with van der Waals surface area (Å²) in [7, 11) is 1.24. The van der Waals surface area contributed by atoms with Gasteiger partial charge in [0.15, 0.2) is 5.54 Å². The zero-order valence-electron chi connectivity index (χ0n) is 19.0. The number of hydrogen-bond donors (Lipinski definition) is 2. The number of nitrogens with zero attached hydrogens (tertiary/aromatic N) is 1. The van der Waals surface area contributed by atoms with Gasteiger partial charge in [-0.15, -0.1) is 0 Å². The number of para-hydroxylation sites is 1. The second-order valence-corrected chi connectivity index (χ2v) is 8.42. The first-order chi connectivity index (χ1) is 16.4. The van der Waals surface area contributed by atoms with Crippen molar-refractivity contribution in [2.45, 2.75) is 19.4 Å². The van der Waals surface area contributed by atoms with Gasteiger partial charge in [-0.05, 0) is 44.2 Å². The zero-order valence-corrected chi connectivity index (χ0v) is 19.0. The van der Waals surface area contributed by atoms with Gasteiger partial charge in [-0.3, -0.25) is 14.5 Å². The second kappa shape index (κ2) is 7.88. The number of amides is 2. The highest BCUT2D eigenvalue weighted by Crippen LogP contribution is 2.52. The lowest BCUT2D eigenvalue weighted by atomic mass is 9.83. The molecule has 0 aromatic heterocycles. The Morgan fingerprint density at radius 3 is 2.18 bits per heavy atom. The van der Waals surface area contributed by atoms with Crippen LogP contribution in [0.2, 0.25) is 0 Å². The van der Waals surface area contributed by atoms with E-state index in [0.717, 1.165) is 11.1 Å². The van der Waals surface area contributed by atoms with Crippen molar-refractivity contribution >= 4 is 34.8 Å². The number of benzene rings is 3. The number of carbonyl (C=O) groups is 3. The maximum Gasteiger partial charge on any atom is 0.339 e. The molecule has 0 fully saturated rings. The van der Waals surface area contributed by atoms with Crippen molar-refractivity contribution < 1.29 is 19.1 Å². The summed E-state index contributed by atoms with van der Waals surface area (Å²) >= 11 is 0. The van der Waals surface area contributed by atoms with Crippen LogP contribution in [0.25, 0.3) is 0 Å². The lowest BCUT2D eigenvalue weighted by molar-refractivity contribution is -0.138. The number of ether oxygens (including phenoxy) is 1. The fourth-order valence-corrected chi connectivity index (χ4v) is 4.63. The standard InChI is InChI=1S/C27H23N3O4/c1-16-8-12-18(13-9-16)28-23-22(25(32)34-3)27(20-6-4-5-7-21(20)29-26(27)33)30(24(23)31)19-14-10-17(2)11-15-19/h4-15,28H,1-3H3,(H,29,33). The Hall–Kier alpha value is -4.39. The molecule has 7 nitrogen and oxygen atoms in total. The molecular weight excluding hydrogens is 430 g/mol. The maximum absolute atomic E-state index is 14.0. The van der Waals surface area contributed by atoms with Gasteiger partial charge in [-0.25, -0.2) is 4.79 Å². The Balaban J connectivity index is 1.81. The minimum Gasteiger partial charge on any atom is -0.466 e. The van der Waals surface area contributed by atoms with E-state index in [-0.39, 0.29) is 11.3 Å². The van der Waals surface area contributed by atoms with Crippen molar-refractivity contribution in [3.05, 3.63) is 101 Å². The molecule has 2 amide bonds. The summed E-state index contributed by atoms with van der Waals surface area (Å²) in [5.74, 6) is -1.76. The fourth-order valence-electron chi connectivity index (χ4n) is 4.63. The molecule has 5 rings (SSSR count). The quantitative estimate of drug-likeness (QED) is 0.583. The van der Waals surface area contributed by atoms with Crippen LogP contribution in [0.3, 0.4) is 0 Å². The molecule has 0 bridgehead atoms. The highest BCUT2D eigenvalue weighted by molar-refractivity contribution is 6.29. The number of methoxy groups -OCH3 is 1. The molecule has 2 aliphatic heterocycles. The van der Waals surface area contributed by atoms with Crippen molar-refractivity contribution in [1.29, 1.82) is 0 Å². The van der Waals surface area contributed by atoms with Gasteiger partial charge >= 0.3 is 5.97 Å². The third kappa shape index (κ3) is 3.01. The number of nitrogens with one attached hydrogen (secondary N) is 2. The largest absolute Gasteiger partial charge is 0.466 e. The van der Waals surface area contributed by atoms with Crippen LogP contribution >= 0.6 is 0 Å². The van der Waals surface area contributed by atoms with Crippen LogP contribution in [0.15, 0.2) is 84.1 Å². The van der Waals surface area contributed by atoms with Gasteiger partial charge in [0, 0.05) is 22.6 Å². The molecule has 0 saturated heterocycles. The minimum atomic E-state index is -1.72. The van der Waals surface area contributed by atoms with E-state index in [4.69, 9.17) is 4.74 Å². The van der Waals surface area contributed by atoms with Crippen LogP contribution in [-0.4, -0.2) is 24.9 Å². The summed E-state index contributed by atoms with van der Waals surface area (Å²) in [5, 5.41) is 5.96. The Labute approximate surface area is 197 Å². The van der Waals surface area contributed by atoms with Gasteiger partial charge in [-0.2, -0.15) is 0 Å². The highest BCUT2D eigenvalue weighted by Gasteiger charge is 2.64. The van der Waals surface area contributed by atoms with Crippen molar-refractivity contribution in [1.82, 2.24) is 0 Å². The average molecular weight is 453 g/mol. The first kappa shape index (κ1) is 21.5. The Morgan fingerprint density at radius 1 is 0.912 bits per heavy atom. The predicted octanol–water partition coefficient (Wildman–Crippen LogP) is 4.04. The molecular formula is C27H23N3O4. The summed E-state index contributed by atoms with van der Waals surface area (Å²) in [6, 6.07) is 21.7. The first-order valence-corrected chi connectivity index (χ1v) is 10.9. The van der Waals surface area contributed by atoms with E-state index < -0.39 is 23.3 Å². The van der Waals surface area contributed by atoms with E-state index in [2.05, 4.69) is 10.6 Å². The summed E-state index contributed by atoms with van der Waals surface area (Å²) in [6.45, 7) is 3.89. The van der Waals surface area contributed by atoms with Gasteiger partial charge in [0.05, 0.1) is 7.11 Å². The summed E-state index contributed by atoms with van der Waals surface area (Å²) in [5.41, 5.74) is 2.43. The van der Waals surface area contributed by atoms with Gasteiger partial charge in [0.25, 0.3) is 11.8 Å². The number of hydrogen-bond acceptors (Lipinski definition) is 5. The molecule has 3 aromatic carbocycles. The van der Waals surface area contributed by atoms with Crippen LogP contribution in [0.4, 0.5) is 17.1 Å². The van der Waals surface area contributed by atoms with Crippen LogP contribution < -0.4 is 15.5 Å². The smallest absolute Gasteiger partial charge is 0.339 e. The highest BCUT2D eigenvalue weighted by atomic mass is 16.5. The number of rotatable bonds is 4. The Bertz CT molecular complexity index is 1360. The van der Waals surface area contributed by atoms with E-state index in [9.17, 15) is 14.4 Å². The number of esters is 1. The van der Waals surface area contributed by atoms with Crippen molar-refractivity contribution in [3.8, 4) is 0 Å². The van der Waals surface area contributed by atoms with E-state index in [1.807, 2.05) is 50.2 Å². The van der Waals surface area contributed by atoms with E-state index >= 15 is 0 Å². The molecule has 0 radical (unpaired) electrons. The zero-order chi connectivity index (χ0) is 24.0. The van der Waals surface area contributed by atoms with Gasteiger partial charge in [0.1, 0.15) is 11.3 Å². The molecule has 1 spiro atoms. The van der Waals surface area contributed by atoms with E-state index in [1.165, 1.54) is 12.0 Å². The maximum atomic E-state index is 14.0. The Kier molecular flexibility index (Phi) is 4.97. The summed E-state index contributed by atoms with van der Waals surface area (Å²) in [4.78, 5) is 42.4. The molecule has 1 unspecified atom stereocenters. The normalized spacial score (nSPS) is 18.9. The Morgan fingerprint density at radius 2 is 1.53 bits per heavy atom. The number of fused-ring (bicyclic) bond motifs is 2. The predicted molar refractivity (Wildman–Crippen MR) is 129 cm³/mol. The van der Waals surface area contributed by atoms with Gasteiger partial charge in [-0.1, -0.05) is 53.6 Å². The monoisotopic (exact) mass is 453 g/mol. The molecule has 2 heterocycles. The van der Waals surface area contributed by atoms with Crippen molar-refractivity contribution in [3.63, 3.8) is 0 Å². The molecule has 34 heavy (non-hydrogen) atoms. The van der Waals surface area contributed by atoms with E-state index in [0.29, 0.717) is 22.6 Å². The number of anilines is 3. The SMILES string of the molecule is COC(=O)C1=C(Nc2ccc(C)cc2)C(=O)N(c2ccc(C)cc2)C12C(=O)Nc1ccccc12. The molecule has 170 valence electrons. The van der Waals surface area contributed by atoms with Crippen LogP contribution in [0.5, 0.6) is 0 Å². The third-order valence-corrected chi connectivity index (χ3v) is 6.26. The van der Waals surface area contributed by atoms with Gasteiger partial charge < -0.3 is 15.4 Å². The topological polar surface area (TPSA) is 87.7 Å². The summed E-state index contributed by atoms with van der Waals surface area (Å²) in [6.07, 6.45) is 0. The van der Waals surface area contributed by atoms with E-state index in [1.54, 1.807) is 36.4 Å². The van der Waals surface area contributed by atoms with Crippen LogP contribution in [-0.2, 0) is 24.7 Å². The van der Waals surface area contributed by atoms with Gasteiger partial charge in [0.2, 0.25) is 0 Å². The molecule has 2 aliphatic rings. The molecule has 1 atom stereocenters. The molecule has 7 heteroatoms. The number of aryl methyl sites for hydroxylation is 2. The van der Waals surface area contributed by atoms with Crippen molar-refractivity contribution in [2.24, 2.45) is 0 Å². The summed E-state index contributed by atoms with van der Waals surface area (Å²) < 4.78 is 5.13. The van der Waals surface area contributed by atoms with Crippen LogP contribution in [0.1, 0.15) is 16.7 Å². The molecule has 0 aliphatic carbocycles. The molecule has 0 saturated carbocycles. The fraction of sp³-hybridized carbons (Fsp3) is 0.148. The third-order valence-electron chi connectivity index (χ3n) is 6.26. The second-order valence-electron chi connectivity index (χ2n) is 8.42.